The number of aryl methyl sites for hydroxylation is 1. The number of rotatable bonds is 2. The van der Waals surface area contributed by atoms with E-state index < -0.39 is 11.4 Å². The number of carbonyl (C=O) groups is 1. The third-order valence-electron chi connectivity index (χ3n) is 3.57. The minimum absolute atomic E-state index is 0.192. The van der Waals surface area contributed by atoms with Crippen LogP contribution < -0.4 is 5.43 Å². The number of benzene rings is 2. The van der Waals surface area contributed by atoms with Gasteiger partial charge in [-0.15, -0.1) is 0 Å². The van der Waals surface area contributed by atoms with Crippen molar-refractivity contribution in [1.82, 2.24) is 4.57 Å². The molecule has 0 atom stereocenters. The Hall–Kier alpha value is -2.88. The van der Waals surface area contributed by atoms with Gasteiger partial charge in [0.25, 0.3) is 0 Å². The number of aromatic nitrogens is 1. The van der Waals surface area contributed by atoms with Crippen molar-refractivity contribution < 1.29 is 9.90 Å². The van der Waals surface area contributed by atoms with Gasteiger partial charge in [0.2, 0.25) is 5.43 Å². The quantitative estimate of drug-likeness (QED) is 0.784. The molecule has 0 saturated heterocycles. The summed E-state index contributed by atoms with van der Waals surface area (Å²) in [5.41, 5.74) is 1.20. The van der Waals surface area contributed by atoms with Crippen LogP contribution in [0.5, 0.6) is 0 Å². The number of aromatic carboxylic acids is 1. The summed E-state index contributed by atoms with van der Waals surface area (Å²) in [6.45, 7) is 0. The number of carboxylic acids is 1. The van der Waals surface area contributed by atoms with E-state index in [1.807, 2.05) is 30.3 Å². The predicted molar refractivity (Wildman–Crippen MR) is 81.6 cm³/mol. The van der Waals surface area contributed by atoms with Gasteiger partial charge in [0.05, 0.1) is 11.2 Å². The molecule has 21 heavy (non-hydrogen) atoms. The maximum absolute atomic E-state index is 12.5. The van der Waals surface area contributed by atoms with Crippen molar-refractivity contribution in [3.8, 4) is 11.3 Å². The van der Waals surface area contributed by atoms with E-state index in [1.165, 1.54) is 0 Å². The molecule has 4 heteroatoms. The molecule has 0 unspecified atom stereocenters. The van der Waals surface area contributed by atoms with E-state index in [4.69, 9.17) is 0 Å². The molecule has 1 heterocycles. The van der Waals surface area contributed by atoms with Gasteiger partial charge in [0.15, 0.2) is 0 Å². The molecule has 0 saturated carbocycles. The van der Waals surface area contributed by atoms with Crippen molar-refractivity contribution in [3.63, 3.8) is 0 Å². The van der Waals surface area contributed by atoms with Crippen molar-refractivity contribution in [2.45, 2.75) is 0 Å². The summed E-state index contributed by atoms with van der Waals surface area (Å²) in [7, 11) is 1.77. The number of para-hydroxylation sites is 1. The van der Waals surface area contributed by atoms with Crippen LogP contribution in [0.25, 0.3) is 22.2 Å². The zero-order valence-corrected chi connectivity index (χ0v) is 11.4. The lowest BCUT2D eigenvalue weighted by Gasteiger charge is -2.15. The largest absolute Gasteiger partial charge is 0.477 e. The highest BCUT2D eigenvalue weighted by atomic mass is 16.4. The smallest absolute Gasteiger partial charge is 0.341 e. The molecule has 0 fully saturated rings. The van der Waals surface area contributed by atoms with Crippen LogP contribution in [-0.2, 0) is 7.05 Å². The Morgan fingerprint density at radius 1 is 1.00 bits per heavy atom. The Labute approximate surface area is 120 Å². The van der Waals surface area contributed by atoms with Crippen LogP contribution in [0.2, 0.25) is 0 Å². The van der Waals surface area contributed by atoms with Crippen LogP contribution in [0.3, 0.4) is 0 Å². The topological polar surface area (TPSA) is 59.3 Å². The third-order valence-corrected chi connectivity index (χ3v) is 3.57. The second kappa shape index (κ2) is 4.90. The first-order valence-corrected chi connectivity index (χ1v) is 6.51. The fourth-order valence-corrected chi connectivity index (χ4v) is 2.62. The number of pyridine rings is 1. The van der Waals surface area contributed by atoms with Crippen LogP contribution >= 0.6 is 0 Å². The lowest BCUT2D eigenvalue weighted by Crippen LogP contribution is -2.21. The molecule has 0 bridgehead atoms. The van der Waals surface area contributed by atoms with E-state index in [0.717, 1.165) is 0 Å². The number of hydrogen-bond donors (Lipinski definition) is 1. The molecule has 0 aliphatic carbocycles. The fraction of sp³-hybridized carbons (Fsp3) is 0.0588. The lowest BCUT2D eigenvalue weighted by molar-refractivity contribution is 0.0696. The Morgan fingerprint density at radius 2 is 1.62 bits per heavy atom. The molecule has 1 aromatic heterocycles. The summed E-state index contributed by atoms with van der Waals surface area (Å²) in [6.07, 6.45) is 0. The van der Waals surface area contributed by atoms with Gasteiger partial charge < -0.3 is 9.67 Å². The van der Waals surface area contributed by atoms with Crippen molar-refractivity contribution in [1.29, 1.82) is 0 Å². The van der Waals surface area contributed by atoms with Crippen molar-refractivity contribution >= 4 is 16.9 Å². The Bertz CT molecular complexity index is 895. The first kappa shape index (κ1) is 13.1. The SMILES string of the molecule is Cn1c(-c2ccccc2)c(C(=O)O)c(=O)c2ccccc21. The number of fused-ring (bicyclic) bond motifs is 1. The maximum Gasteiger partial charge on any atom is 0.341 e. The molecule has 0 aliphatic rings. The van der Waals surface area contributed by atoms with Crippen LogP contribution in [0.15, 0.2) is 59.4 Å². The molecular formula is C17H13NO3. The van der Waals surface area contributed by atoms with Crippen LogP contribution in [-0.4, -0.2) is 15.6 Å². The first-order chi connectivity index (χ1) is 10.1. The second-order valence-electron chi connectivity index (χ2n) is 4.80. The van der Waals surface area contributed by atoms with E-state index in [9.17, 15) is 14.7 Å². The molecular weight excluding hydrogens is 266 g/mol. The Morgan fingerprint density at radius 3 is 2.29 bits per heavy atom. The normalized spacial score (nSPS) is 10.7. The number of nitrogens with zero attached hydrogens (tertiary/aromatic N) is 1. The molecule has 2 aromatic carbocycles. The average molecular weight is 279 g/mol. The van der Waals surface area contributed by atoms with E-state index in [0.29, 0.717) is 22.2 Å². The van der Waals surface area contributed by atoms with Crippen LogP contribution in [0, 0.1) is 0 Å². The van der Waals surface area contributed by atoms with Crippen molar-refractivity contribution in [2.75, 3.05) is 0 Å². The molecule has 1 N–H and O–H groups in total. The zero-order chi connectivity index (χ0) is 15.0. The van der Waals surface area contributed by atoms with Gasteiger partial charge in [-0.1, -0.05) is 42.5 Å². The zero-order valence-electron chi connectivity index (χ0n) is 11.4. The van der Waals surface area contributed by atoms with E-state index in [2.05, 4.69) is 0 Å². The highest BCUT2D eigenvalue weighted by Gasteiger charge is 2.21. The van der Waals surface area contributed by atoms with Gasteiger partial charge in [0.1, 0.15) is 5.56 Å². The number of hydrogen-bond acceptors (Lipinski definition) is 2. The van der Waals surface area contributed by atoms with Crippen LogP contribution in [0.4, 0.5) is 0 Å². The number of carboxylic acid groups (broad SMARTS) is 1. The van der Waals surface area contributed by atoms with Gasteiger partial charge in [-0.2, -0.15) is 0 Å². The average Bonchev–Trinajstić information content (AvgIpc) is 2.51. The van der Waals surface area contributed by atoms with E-state index >= 15 is 0 Å². The minimum Gasteiger partial charge on any atom is -0.477 e. The summed E-state index contributed by atoms with van der Waals surface area (Å²) in [6, 6.07) is 16.1. The maximum atomic E-state index is 12.5. The van der Waals surface area contributed by atoms with Gasteiger partial charge in [-0.05, 0) is 17.7 Å². The summed E-state index contributed by atoms with van der Waals surface area (Å²) < 4.78 is 1.76. The van der Waals surface area contributed by atoms with Crippen molar-refractivity contribution in [2.24, 2.45) is 7.05 Å². The molecule has 0 spiro atoms. The standard InChI is InChI=1S/C17H13NO3/c1-18-13-10-6-5-9-12(13)16(19)14(17(20)21)15(18)11-7-3-2-4-8-11/h2-10H,1H3,(H,20,21). The summed E-state index contributed by atoms with van der Waals surface area (Å²) in [5.74, 6) is -1.21. The Kier molecular flexibility index (Phi) is 3.06. The first-order valence-electron chi connectivity index (χ1n) is 6.51. The van der Waals surface area contributed by atoms with Gasteiger partial charge in [-0.25, -0.2) is 4.79 Å². The van der Waals surface area contributed by atoms with E-state index in [1.54, 1.807) is 35.9 Å². The minimum atomic E-state index is -1.21. The summed E-state index contributed by atoms with van der Waals surface area (Å²) >= 11 is 0. The molecule has 4 nitrogen and oxygen atoms in total. The Balaban J connectivity index is 2.54. The molecule has 3 aromatic rings. The van der Waals surface area contributed by atoms with E-state index in [-0.39, 0.29) is 5.56 Å². The fourth-order valence-electron chi connectivity index (χ4n) is 2.62. The predicted octanol–water partition coefficient (Wildman–Crippen LogP) is 2.90. The molecule has 104 valence electrons. The van der Waals surface area contributed by atoms with Crippen LogP contribution in [0.1, 0.15) is 10.4 Å². The monoisotopic (exact) mass is 279 g/mol. The summed E-state index contributed by atoms with van der Waals surface area (Å²) in [5, 5.41) is 9.89. The lowest BCUT2D eigenvalue weighted by atomic mass is 10.0. The third kappa shape index (κ3) is 2.01. The van der Waals surface area contributed by atoms with Gasteiger partial charge in [0, 0.05) is 12.4 Å². The summed E-state index contributed by atoms with van der Waals surface area (Å²) in [4.78, 5) is 24.1. The van der Waals surface area contributed by atoms with Gasteiger partial charge in [-0.3, -0.25) is 4.79 Å². The highest BCUT2D eigenvalue weighted by Crippen LogP contribution is 2.25. The van der Waals surface area contributed by atoms with Gasteiger partial charge >= 0.3 is 5.97 Å². The molecule has 0 amide bonds. The molecule has 3 rings (SSSR count). The highest BCUT2D eigenvalue weighted by molar-refractivity contribution is 5.99. The molecule has 0 radical (unpaired) electrons. The van der Waals surface area contributed by atoms with Crippen molar-refractivity contribution in [3.05, 3.63) is 70.4 Å². The molecule has 0 aliphatic heterocycles. The second-order valence-corrected chi connectivity index (χ2v) is 4.80.